The number of nitrogens with zero attached hydrogens (tertiary/aromatic N) is 3. The highest BCUT2D eigenvalue weighted by molar-refractivity contribution is 6.02. The monoisotopic (exact) mass is 470 g/mol. The summed E-state index contributed by atoms with van der Waals surface area (Å²) in [6.45, 7) is 3.05. The number of carbonyl (C=O) groups excluding carboxylic acids is 2. The number of methoxy groups -OCH3 is 1. The number of anilines is 1. The molecule has 2 aromatic rings. The number of nitrogens with two attached hydrogens (primary N) is 1. The second-order valence-electron chi connectivity index (χ2n) is 7.63. The fourth-order valence-electron chi connectivity index (χ4n) is 3.03. The first kappa shape index (κ1) is 25.9. The lowest BCUT2D eigenvalue weighted by Gasteiger charge is -2.16. The summed E-state index contributed by atoms with van der Waals surface area (Å²) in [4.78, 5) is 49.5. The van der Waals surface area contributed by atoms with Crippen LogP contribution in [0.4, 0.5) is 5.82 Å². The van der Waals surface area contributed by atoms with Gasteiger partial charge in [-0.05, 0) is 29.7 Å². The van der Waals surface area contributed by atoms with Crippen LogP contribution in [0.2, 0.25) is 0 Å². The van der Waals surface area contributed by atoms with E-state index in [2.05, 4.69) is 0 Å². The lowest BCUT2D eigenvalue weighted by Crippen LogP contribution is -2.43. The predicted molar refractivity (Wildman–Crippen MR) is 124 cm³/mol. The van der Waals surface area contributed by atoms with Gasteiger partial charge in [0.2, 0.25) is 5.78 Å². The highest BCUT2D eigenvalue weighted by Crippen LogP contribution is 2.28. The Kier molecular flexibility index (Phi) is 8.78. The van der Waals surface area contributed by atoms with Crippen LogP contribution in [0.15, 0.2) is 33.9 Å². The summed E-state index contributed by atoms with van der Waals surface area (Å²) in [5, 5.41) is 8.61. The fourth-order valence-corrected chi connectivity index (χ4v) is 3.03. The molecule has 0 aliphatic heterocycles. The van der Waals surface area contributed by atoms with E-state index in [1.54, 1.807) is 18.2 Å². The normalized spacial score (nSPS) is 10.8. The maximum absolute atomic E-state index is 12.6. The van der Waals surface area contributed by atoms with E-state index >= 15 is 0 Å². The summed E-state index contributed by atoms with van der Waals surface area (Å²) in [7, 11) is 2.68. The van der Waals surface area contributed by atoms with Crippen molar-refractivity contribution in [3.05, 3.63) is 56.2 Å². The van der Waals surface area contributed by atoms with Crippen molar-refractivity contribution >= 4 is 23.6 Å². The van der Waals surface area contributed by atoms with Crippen molar-refractivity contribution in [1.29, 1.82) is 5.26 Å². The van der Waals surface area contributed by atoms with E-state index in [9.17, 15) is 19.2 Å². The Morgan fingerprint density at radius 1 is 1.24 bits per heavy atom. The zero-order valence-corrected chi connectivity index (χ0v) is 19.4. The van der Waals surface area contributed by atoms with Gasteiger partial charge in [0.15, 0.2) is 24.7 Å². The average molecular weight is 470 g/mol. The highest BCUT2D eigenvalue weighted by Gasteiger charge is 2.22. The van der Waals surface area contributed by atoms with Gasteiger partial charge >= 0.3 is 11.7 Å². The molecule has 0 aliphatic carbocycles. The largest absolute Gasteiger partial charge is 0.493 e. The maximum Gasteiger partial charge on any atom is 0.332 e. The maximum atomic E-state index is 12.6. The lowest BCUT2D eigenvalue weighted by atomic mass is 10.1. The van der Waals surface area contributed by atoms with Crippen LogP contribution >= 0.6 is 0 Å². The number of carbonyl (C=O) groups is 2. The second kappa shape index (κ2) is 11.5. The van der Waals surface area contributed by atoms with E-state index in [1.165, 1.54) is 20.2 Å². The molecule has 0 fully saturated rings. The van der Waals surface area contributed by atoms with Crippen LogP contribution in [-0.2, 0) is 23.1 Å². The molecule has 0 saturated heterocycles. The zero-order valence-electron chi connectivity index (χ0n) is 19.4. The summed E-state index contributed by atoms with van der Waals surface area (Å²) in [6, 6.07) is 6.65. The van der Waals surface area contributed by atoms with Crippen LogP contribution in [-0.4, -0.2) is 41.2 Å². The molecule has 2 N–H and O–H groups in total. The number of nitrogen functional groups attached to an aromatic ring is 1. The number of Topliss-reactive ketones (excluding diaryl/α,β-unsaturated/α-hetero) is 1. The Hall–Kier alpha value is -4.33. The van der Waals surface area contributed by atoms with Gasteiger partial charge < -0.3 is 19.9 Å². The van der Waals surface area contributed by atoms with Gasteiger partial charge in [-0.2, -0.15) is 5.26 Å². The number of aromatic nitrogens is 2. The fraction of sp³-hybridized carbons (Fsp3) is 0.348. The van der Waals surface area contributed by atoms with Gasteiger partial charge in [-0.15, -0.1) is 0 Å². The molecule has 0 radical (unpaired) electrons. The molecule has 0 unspecified atom stereocenters. The third-order valence-electron chi connectivity index (χ3n) is 4.65. The molecule has 1 aromatic carbocycles. The minimum absolute atomic E-state index is 0.0361. The molecule has 0 bridgehead atoms. The third kappa shape index (κ3) is 6.13. The van der Waals surface area contributed by atoms with Crippen LogP contribution in [0.1, 0.15) is 29.8 Å². The van der Waals surface area contributed by atoms with Gasteiger partial charge in [0, 0.05) is 19.7 Å². The third-order valence-corrected chi connectivity index (χ3v) is 4.65. The average Bonchev–Trinajstić information content (AvgIpc) is 2.81. The van der Waals surface area contributed by atoms with E-state index in [0.717, 1.165) is 15.2 Å². The molecule has 180 valence electrons. The van der Waals surface area contributed by atoms with Crippen LogP contribution in [0.5, 0.6) is 11.5 Å². The molecule has 0 atom stereocenters. The van der Waals surface area contributed by atoms with Gasteiger partial charge in [0.25, 0.3) is 5.56 Å². The summed E-state index contributed by atoms with van der Waals surface area (Å²) >= 11 is 0. The van der Waals surface area contributed by atoms with Gasteiger partial charge in [-0.25, -0.2) is 9.59 Å². The van der Waals surface area contributed by atoms with E-state index in [4.69, 9.17) is 25.2 Å². The summed E-state index contributed by atoms with van der Waals surface area (Å²) < 4.78 is 17.3. The van der Waals surface area contributed by atoms with E-state index in [0.29, 0.717) is 17.1 Å². The van der Waals surface area contributed by atoms with Gasteiger partial charge in [0.1, 0.15) is 17.5 Å². The molecule has 11 nitrogen and oxygen atoms in total. The molecule has 0 spiro atoms. The van der Waals surface area contributed by atoms with Crippen molar-refractivity contribution < 1.29 is 23.8 Å². The number of ether oxygens (including phenoxy) is 3. The number of rotatable bonds is 10. The summed E-state index contributed by atoms with van der Waals surface area (Å²) in [5.41, 5.74) is 4.63. The molecule has 11 heteroatoms. The second-order valence-corrected chi connectivity index (χ2v) is 7.63. The van der Waals surface area contributed by atoms with Crippen molar-refractivity contribution in [2.24, 2.45) is 13.0 Å². The lowest BCUT2D eigenvalue weighted by molar-refractivity contribution is -0.136. The molecular weight excluding hydrogens is 444 g/mol. The van der Waals surface area contributed by atoms with Gasteiger partial charge in [0.05, 0.1) is 7.11 Å². The Labute approximate surface area is 195 Å². The minimum Gasteiger partial charge on any atom is -0.493 e. The van der Waals surface area contributed by atoms with E-state index < -0.39 is 35.2 Å². The first-order valence-corrected chi connectivity index (χ1v) is 10.3. The molecule has 1 aromatic heterocycles. The standard InChI is InChI=1S/C23H26N4O7/c1-14(2)12-27-21(25)20(22(30)26(3)23(27)31)16(28)13-34-19(29)8-6-15-5-7-17(33-10-9-24)18(11-15)32-4/h5-8,11,14H,10,12-13,25H2,1-4H3. The van der Waals surface area contributed by atoms with E-state index in [1.807, 2.05) is 19.9 Å². The number of ketones is 1. The Balaban J connectivity index is 2.14. The topological polar surface area (TPSA) is 156 Å². The number of esters is 1. The minimum atomic E-state index is -0.857. The molecule has 34 heavy (non-hydrogen) atoms. The summed E-state index contributed by atoms with van der Waals surface area (Å²) in [6.07, 6.45) is 2.53. The summed E-state index contributed by atoms with van der Waals surface area (Å²) in [5.74, 6) is -1.14. The Morgan fingerprint density at radius 3 is 2.56 bits per heavy atom. The molecule has 1 heterocycles. The van der Waals surface area contributed by atoms with Crippen molar-refractivity contribution in [2.45, 2.75) is 20.4 Å². The number of nitriles is 1. The van der Waals surface area contributed by atoms with Crippen molar-refractivity contribution in [2.75, 3.05) is 26.1 Å². The zero-order chi connectivity index (χ0) is 25.4. The molecule has 0 saturated carbocycles. The molecule has 2 rings (SSSR count). The van der Waals surface area contributed by atoms with Gasteiger partial charge in [-0.1, -0.05) is 19.9 Å². The van der Waals surface area contributed by atoms with Crippen LogP contribution < -0.4 is 26.5 Å². The van der Waals surface area contributed by atoms with Crippen molar-refractivity contribution in [3.63, 3.8) is 0 Å². The van der Waals surface area contributed by atoms with Crippen molar-refractivity contribution in [1.82, 2.24) is 9.13 Å². The highest BCUT2D eigenvalue weighted by atomic mass is 16.5. The Morgan fingerprint density at radius 2 is 1.94 bits per heavy atom. The quantitative estimate of drug-likeness (QED) is 0.305. The predicted octanol–water partition coefficient (Wildman–Crippen LogP) is 1.14. The number of benzene rings is 1. The SMILES string of the molecule is COc1cc(C=CC(=O)OCC(=O)c2c(N)n(CC(C)C)c(=O)n(C)c2=O)ccc1OCC#N. The molecular formula is C23H26N4O7. The van der Waals surface area contributed by atoms with Crippen LogP contribution in [0, 0.1) is 17.2 Å². The van der Waals surface area contributed by atoms with Crippen LogP contribution in [0.3, 0.4) is 0 Å². The number of hydrogen-bond acceptors (Lipinski definition) is 9. The van der Waals surface area contributed by atoms with Gasteiger partial charge in [-0.3, -0.25) is 18.7 Å². The first-order valence-electron chi connectivity index (χ1n) is 10.3. The first-order chi connectivity index (χ1) is 16.1. The molecule has 0 aliphatic rings. The van der Waals surface area contributed by atoms with E-state index in [-0.39, 0.29) is 24.9 Å². The number of hydrogen-bond donors (Lipinski definition) is 1. The Bertz CT molecular complexity index is 1270. The van der Waals surface area contributed by atoms with Crippen molar-refractivity contribution in [3.8, 4) is 17.6 Å². The smallest absolute Gasteiger partial charge is 0.332 e. The molecule has 0 amide bonds. The van der Waals surface area contributed by atoms with Crippen LogP contribution in [0.25, 0.3) is 6.08 Å².